The van der Waals surface area contributed by atoms with E-state index in [2.05, 4.69) is 0 Å². The average Bonchev–Trinajstić information content (AvgIpc) is 2.88. The summed E-state index contributed by atoms with van der Waals surface area (Å²) in [5.74, 6) is -0.652. The zero-order valence-electron chi connectivity index (χ0n) is 13.3. The van der Waals surface area contributed by atoms with E-state index >= 15 is 0 Å². The summed E-state index contributed by atoms with van der Waals surface area (Å²) in [5, 5.41) is 0. The molecule has 0 fully saturated rings. The molecular weight excluding hydrogens is 290 g/mol. The van der Waals surface area contributed by atoms with Crippen LogP contribution in [0.1, 0.15) is 28.4 Å². The Morgan fingerprint density at radius 2 is 1.83 bits per heavy atom. The third-order valence-corrected chi connectivity index (χ3v) is 4.17. The first-order chi connectivity index (χ1) is 11.1. The Hall–Kier alpha value is -2.62. The summed E-state index contributed by atoms with van der Waals surface area (Å²) >= 11 is 0. The zero-order valence-corrected chi connectivity index (χ0v) is 13.3. The third kappa shape index (κ3) is 2.97. The van der Waals surface area contributed by atoms with Crippen LogP contribution in [0.4, 0.5) is 5.69 Å². The Morgan fingerprint density at radius 1 is 1.13 bits per heavy atom. The molecular formula is C19H19NO3. The Morgan fingerprint density at radius 3 is 2.61 bits per heavy atom. The number of fused-ring (bicyclic) bond motifs is 1. The van der Waals surface area contributed by atoms with E-state index < -0.39 is 5.97 Å². The molecule has 0 saturated heterocycles. The molecule has 1 heterocycles. The number of amides is 1. The van der Waals surface area contributed by atoms with Crippen molar-refractivity contribution >= 4 is 17.6 Å². The molecule has 2 aromatic rings. The van der Waals surface area contributed by atoms with Gasteiger partial charge in [0.25, 0.3) is 5.91 Å². The van der Waals surface area contributed by atoms with Gasteiger partial charge in [-0.05, 0) is 43.5 Å². The highest BCUT2D eigenvalue weighted by molar-refractivity contribution is 5.99. The number of carbonyl (C=O) groups is 2. The normalized spacial score (nSPS) is 16.1. The van der Waals surface area contributed by atoms with Crippen molar-refractivity contribution in [2.24, 2.45) is 0 Å². The fourth-order valence-electron chi connectivity index (χ4n) is 3.02. The topological polar surface area (TPSA) is 46.6 Å². The number of nitrogens with zero attached hydrogens (tertiary/aromatic N) is 1. The number of aryl methyl sites for hydroxylation is 1. The van der Waals surface area contributed by atoms with Crippen LogP contribution < -0.4 is 4.90 Å². The van der Waals surface area contributed by atoms with Crippen molar-refractivity contribution in [2.45, 2.75) is 26.3 Å². The van der Waals surface area contributed by atoms with Crippen molar-refractivity contribution in [1.82, 2.24) is 0 Å². The van der Waals surface area contributed by atoms with Gasteiger partial charge in [-0.3, -0.25) is 4.79 Å². The van der Waals surface area contributed by atoms with E-state index in [0.717, 1.165) is 23.2 Å². The summed E-state index contributed by atoms with van der Waals surface area (Å²) in [7, 11) is 0. The molecule has 1 atom stereocenters. The summed E-state index contributed by atoms with van der Waals surface area (Å²) in [6.45, 7) is 3.60. The predicted octanol–water partition coefficient (Wildman–Crippen LogP) is 3.13. The number of ether oxygens (including phenoxy) is 1. The van der Waals surface area contributed by atoms with Gasteiger partial charge in [-0.1, -0.05) is 36.4 Å². The number of rotatable bonds is 3. The minimum Gasteiger partial charge on any atom is -0.452 e. The molecule has 2 aromatic carbocycles. The quantitative estimate of drug-likeness (QED) is 0.818. The number of hydrogen-bond acceptors (Lipinski definition) is 3. The molecule has 4 nitrogen and oxygen atoms in total. The van der Waals surface area contributed by atoms with Gasteiger partial charge in [0.1, 0.15) is 0 Å². The smallest absolute Gasteiger partial charge is 0.338 e. The molecule has 0 spiro atoms. The van der Waals surface area contributed by atoms with Crippen LogP contribution in [0.3, 0.4) is 0 Å². The van der Waals surface area contributed by atoms with Gasteiger partial charge in [-0.25, -0.2) is 4.79 Å². The van der Waals surface area contributed by atoms with E-state index in [0.29, 0.717) is 5.56 Å². The molecule has 1 amide bonds. The number of benzene rings is 2. The Bertz CT molecular complexity index is 754. The average molecular weight is 309 g/mol. The summed E-state index contributed by atoms with van der Waals surface area (Å²) in [6, 6.07) is 15.1. The molecule has 0 unspecified atom stereocenters. The Kier molecular flexibility index (Phi) is 4.15. The number of carbonyl (C=O) groups excluding carboxylic acids is 2. The molecule has 4 heteroatoms. The number of hydrogen-bond donors (Lipinski definition) is 0. The fraction of sp³-hybridized carbons (Fsp3) is 0.263. The monoisotopic (exact) mass is 309 g/mol. The molecule has 0 radical (unpaired) electrons. The van der Waals surface area contributed by atoms with E-state index in [1.54, 1.807) is 17.0 Å². The van der Waals surface area contributed by atoms with E-state index in [-0.39, 0.29) is 18.6 Å². The van der Waals surface area contributed by atoms with Crippen LogP contribution in [-0.4, -0.2) is 24.5 Å². The third-order valence-electron chi connectivity index (χ3n) is 4.17. The Labute approximate surface area is 135 Å². The maximum atomic E-state index is 12.5. The number of esters is 1. The highest BCUT2D eigenvalue weighted by Gasteiger charge is 2.31. The molecule has 0 aliphatic carbocycles. The van der Waals surface area contributed by atoms with Crippen LogP contribution in [0.15, 0.2) is 48.5 Å². The lowest BCUT2D eigenvalue weighted by molar-refractivity contribution is -0.122. The van der Waals surface area contributed by atoms with Gasteiger partial charge in [0, 0.05) is 11.7 Å². The number of para-hydroxylation sites is 1. The number of anilines is 1. The lowest BCUT2D eigenvalue weighted by Gasteiger charge is -2.22. The summed E-state index contributed by atoms with van der Waals surface area (Å²) < 4.78 is 5.22. The summed E-state index contributed by atoms with van der Waals surface area (Å²) in [6.07, 6.45) is 0.827. The molecule has 23 heavy (non-hydrogen) atoms. The summed E-state index contributed by atoms with van der Waals surface area (Å²) in [5.41, 5.74) is 3.40. The van der Waals surface area contributed by atoms with E-state index in [1.807, 2.05) is 50.2 Å². The van der Waals surface area contributed by atoms with Crippen molar-refractivity contribution in [2.75, 3.05) is 11.5 Å². The van der Waals surface area contributed by atoms with Crippen LogP contribution in [0, 0.1) is 6.92 Å². The van der Waals surface area contributed by atoms with Crippen LogP contribution in [-0.2, 0) is 16.0 Å². The van der Waals surface area contributed by atoms with Crippen molar-refractivity contribution < 1.29 is 14.3 Å². The van der Waals surface area contributed by atoms with Crippen molar-refractivity contribution in [3.05, 3.63) is 65.2 Å². The van der Waals surface area contributed by atoms with Crippen LogP contribution in [0.25, 0.3) is 0 Å². The summed E-state index contributed by atoms with van der Waals surface area (Å²) in [4.78, 5) is 26.3. The maximum Gasteiger partial charge on any atom is 0.338 e. The van der Waals surface area contributed by atoms with Gasteiger partial charge in [0.15, 0.2) is 6.61 Å². The maximum absolute atomic E-state index is 12.5. The molecule has 0 aromatic heterocycles. The Balaban J connectivity index is 1.69. The van der Waals surface area contributed by atoms with Gasteiger partial charge in [-0.2, -0.15) is 0 Å². The van der Waals surface area contributed by atoms with Gasteiger partial charge < -0.3 is 9.64 Å². The standard InChI is InChI=1S/C19H19NO3/c1-13-7-3-5-9-16(13)19(22)23-12-18(21)20-14(2)11-15-8-4-6-10-17(15)20/h3-10,14H,11-12H2,1-2H3/t14-/m1/s1. The first-order valence-corrected chi connectivity index (χ1v) is 7.70. The van der Waals surface area contributed by atoms with Crippen LogP contribution in [0.2, 0.25) is 0 Å². The second kappa shape index (κ2) is 6.24. The molecule has 0 bridgehead atoms. The molecule has 118 valence electrons. The first kappa shape index (κ1) is 15.3. The largest absolute Gasteiger partial charge is 0.452 e. The van der Waals surface area contributed by atoms with Crippen molar-refractivity contribution in [3.63, 3.8) is 0 Å². The lowest BCUT2D eigenvalue weighted by atomic mass is 10.1. The second-order valence-corrected chi connectivity index (χ2v) is 5.84. The highest BCUT2D eigenvalue weighted by Crippen LogP contribution is 2.31. The zero-order chi connectivity index (χ0) is 16.4. The molecule has 0 N–H and O–H groups in total. The fourth-order valence-corrected chi connectivity index (χ4v) is 3.02. The minimum atomic E-state index is -0.461. The molecule has 1 aliphatic rings. The van der Waals surface area contributed by atoms with Gasteiger partial charge in [0.2, 0.25) is 0 Å². The van der Waals surface area contributed by atoms with Crippen molar-refractivity contribution in [1.29, 1.82) is 0 Å². The molecule has 3 rings (SSSR count). The molecule has 1 aliphatic heterocycles. The molecule has 0 saturated carbocycles. The van der Waals surface area contributed by atoms with Crippen LogP contribution >= 0.6 is 0 Å². The van der Waals surface area contributed by atoms with Gasteiger partial charge in [-0.15, -0.1) is 0 Å². The van der Waals surface area contributed by atoms with Crippen molar-refractivity contribution in [3.8, 4) is 0 Å². The van der Waals surface area contributed by atoms with E-state index in [1.165, 1.54) is 0 Å². The highest BCUT2D eigenvalue weighted by atomic mass is 16.5. The van der Waals surface area contributed by atoms with Gasteiger partial charge in [0.05, 0.1) is 5.56 Å². The SMILES string of the molecule is Cc1ccccc1C(=O)OCC(=O)N1c2ccccc2C[C@H]1C. The minimum absolute atomic E-state index is 0.0806. The van der Waals surface area contributed by atoms with E-state index in [9.17, 15) is 9.59 Å². The first-order valence-electron chi connectivity index (χ1n) is 7.70. The van der Waals surface area contributed by atoms with Gasteiger partial charge >= 0.3 is 5.97 Å². The van der Waals surface area contributed by atoms with E-state index in [4.69, 9.17) is 4.74 Å². The van der Waals surface area contributed by atoms with Crippen LogP contribution in [0.5, 0.6) is 0 Å². The second-order valence-electron chi connectivity index (χ2n) is 5.84. The lowest BCUT2D eigenvalue weighted by Crippen LogP contribution is -2.38. The predicted molar refractivity (Wildman–Crippen MR) is 88.6 cm³/mol.